The van der Waals surface area contributed by atoms with Crippen LogP contribution >= 0.6 is 45.9 Å². The third-order valence-electron chi connectivity index (χ3n) is 7.74. The number of hydrogen-bond donors (Lipinski definition) is 3. The van der Waals surface area contributed by atoms with Crippen molar-refractivity contribution in [1.29, 1.82) is 0 Å². The van der Waals surface area contributed by atoms with Crippen LogP contribution < -0.4 is 20.4 Å². The van der Waals surface area contributed by atoms with E-state index in [1.165, 1.54) is 30.4 Å². The molecule has 13 heteroatoms. The van der Waals surface area contributed by atoms with Crippen LogP contribution in [0.15, 0.2) is 23.7 Å². The summed E-state index contributed by atoms with van der Waals surface area (Å²) in [5, 5.41) is 20.3. The van der Waals surface area contributed by atoms with Gasteiger partial charge in [-0.3, -0.25) is 14.9 Å². The zero-order valence-corrected chi connectivity index (χ0v) is 24.2. The van der Waals surface area contributed by atoms with Gasteiger partial charge in [0.05, 0.1) is 26.4 Å². The molecule has 0 radical (unpaired) electrons. The van der Waals surface area contributed by atoms with Crippen LogP contribution in [0.5, 0.6) is 0 Å². The number of thiazole rings is 1. The summed E-state index contributed by atoms with van der Waals surface area (Å²) in [7, 11) is 0. The van der Waals surface area contributed by atoms with E-state index in [0.717, 1.165) is 35.2 Å². The van der Waals surface area contributed by atoms with Crippen molar-refractivity contribution >= 4 is 73.7 Å². The lowest BCUT2D eigenvalue weighted by atomic mass is 9.94. The first-order valence-corrected chi connectivity index (χ1v) is 15.5. The Morgan fingerprint density at radius 3 is 2.64 bits per heavy atom. The number of nitrogens with one attached hydrogen (secondary N) is 2. The number of aromatic nitrogens is 2. The first-order valence-electron chi connectivity index (χ1n) is 13.0. The molecule has 3 saturated heterocycles. The van der Waals surface area contributed by atoms with Crippen molar-refractivity contribution in [2.24, 2.45) is 11.8 Å². The molecule has 3 aromatic heterocycles. The number of carboxylic acids is 1. The Labute approximate surface area is 244 Å². The van der Waals surface area contributed by atoms with E-state index in [4.69, 9.17) is 28.2 Å². The van der Waals surface area contributed by atoms with Crippen molar-refractivity contribution in [3.8, 4) is 10.6 Å². The Morgan fingerprint density at radius 1 is 1.13 bits per heavy atom. The number of halogens is 2. The van der Waals surface area contributed by atoms with Gasteiger partial charge < -0.3 is 20.2 Å². The summed E-state index contributed by atoms with van der Waals surface area (Å²) in [4.78, 5) is 39.0. The average molecular weight is 608 g/mol. The minimum Gasteiger partial charge on any atom is -0.481 e. The molecule has 206 valence electrons. The fraction of sp³-hybridized carbons (Fsp3) is 0.462. The third-order valence-corrected chi connectivity index (χ3v) is 10.3. The standard InChI is InChI=1S/C26H28Cl2N6O3S2/c27-17-9-20(38-13-17)21-24(34-11-15-2-1-5-29-19(15)12-34)39-26(31-21)32-23(35)16-8-18(28)22(30-10-16)33-6-3-14(4-7-33)25(36)37/h8-10,13-15,19,29H,1-7,11-12H2,(H,36,37)(H,31,32,35). The largest absolute Gasteiger partial charge is 0.481 e. The van der Waals surface area contributed by atoms with E-state index >= 15 is 0 Å². The molecule has 39 heavy (non-hydrogen) atoms. The van der Waals surface area contributed by atoms with E-state index in [1.54, 1.807) is 17.4 Å². The molecule has 3 aromatic rings. The van der Waals surface area contributed by atoms with E-state index < -0.39 is 5.97 Å². The van der Waals surface area contributed by atoms with Gasteiger partial charge in [0, 0.05) is 43.8 Å². The van der Waals surface area contributed by atoms with Crippen molar-refractivity contribution in [1.82, 2.24) is 15.3 Å². The van der Waals surface area contributed by atoms with Crippen LogP contribution in [-0.4, -0.2) is 65.7 Å². The highest BCUT2D eigenvalue weighted by molar-refractivity contribution is 7.21. The number of carbonyl (C=O) groups is 2. The second-order valence-electron chi connectivity index (χ2n) is 10.3. The van der Waals surface area contributed by atoms with Gasteiger partial charge in [-0.1, -0.05) is 34.5 Å². The molecule has 1 amide bonds. The van der Waals surface area contributed by atoms with Gasteiger partial charge in [-0.05, 0) is 50.3 Å². The summed E-state index contributed by atoms with van der Waals surface area (Å²) >= 11 is 15.8. The van der Waals surface area contributed by atoms with Crippen LogP contribution in [0, 0.1) is 11.8 Å². The fourth-order valence-electron chi connectivity index (χ4n) is 5.69. The number of nitrogens with zero attached hydrogens (tertiary/aromatic N) is 4. The summed E-state index contributed by atoms with van der Waals surface area (Å²) < 4.78 is 0. The van der Waals surface area contributed by atoms with Crippen LogP contribution in [-0.2, 0) is 4.79 Å². The van der Waals surface area contributed by atoms with Crippen molar-refractivity contribution in [3.05, 3.63) is 39.3 Å². The van der Waals surface area contributed by atoms with E-state index in [1.807, 2.05) is 16.3 Å². The molecule has 0 aromatic carbocycles. The maximum Gasteiger partial charge on any atom is 0.306 e. The maximum atomic E-state index is 13.2. The van der Waals surface area contributed by atoms with Crippen LogP contribution in [0.4, 0.5) is 16.0 Å². The van der Waals surface area contributed by atoms with Crippen LogP contribution in [0.25, 0.3) is 10.6 Å². The molecular weight excluding hydrogens is 579 g/mol. The Bertz CT molecular complexity index is 1380. The molecule has 0 saturated carbocycles. The summed E-state index contributed by atoms with van der Waals surface area (Å²) in [5.74, 6) is -0.274. The zero-order valence-electron chi connectivity index (χ0n) is 21.0. The van der Waals surface area contributed by atoms with E-state index in [-0.39, 0.29) is 11.8 Å². The molecule has 3 aliphatic heterocycles. The highest BCUT2D eigenvalue weighted by Gasteiger charge is 2.36. The topological polar surface area (TPSA) is 111 Å². The van der Waals surface area contributed by atoms with E-state index in [2.05, 4.69) is 20.5 Å². The highest BCUT2D eigenvalue weighted by Crippen LogP contribution is 2.44. The average Bonchev–Trinajstić information content (AvgIpc) is 3.66. The monoisotopic (exact) mass is 606 g/mol. The second-order valence-corrected chi connectivity index (χ2v) is 13.0. The molecule has 6 heterocycles. The van der Waals surface area contributed by atoms with Gasteiger partial charge >= 0.3 is 5.97 Å². The van der Waals surface area contributed by atoms with Gasteiger partial charge in [0.2, 0.25) is 0 Å². The van der Waals surface area contributed by atoms with Crippen molar-refractivity contribution in [2.45, 2.75) is 31.7 Å². The lowest BCUT2D eigenvalue weighted by Crippen LogP contribution is -2.40. The number of rotatable bonds is 6. The van der Waals surface area contributed by atoms with Gasteiger partial charge in [0.1, 0.15) is 16.5 Å². The molecule has 0 bridgehead atoms. The molecule has 3 aliphatic rings. The number of carboxylic acid groups (broad SMARTS) is 1. The molecule has 2 unspecified atom stereocenters. The molecule has 0 aliphatic carbocycles. The quantitative estimate of drug-likeness (QED) is 0.346. The second kappa shape index (κ2) is 11.2. The Balaban J connectivity index is 1.20. The predicted molar refractivity (Wildman–Crippen MR) is 157 cm³/mol. The predicted octanol–water partition coefficient (Wildman–Crippen LogP) is 5.31. The number of piperidine rings is 2. The van der Waals surface area contributed by atoms with E-state index in [0.29, 0.717) is 64.4 Å². The van der Waals surface area contributed by atoms with Gasteiger partial charge in [0.25, 0.3) is 5.91 Å². The zero-order chi connectivity index (χ0) is 27.1. The minimum atomic E-state index is -0.767. The number of thiophene rings is 1. The number of aliphatic carboxylic acids is 1. The summed E-state index contributed by atoms with van der Waals surface area (Å²) in [6, 6.07) is 3.99. The van der Waals surface area contributed by atoms with Crippen LogP contribution in [0.1, 0.15) is 36.0 Å². The number of pyridine rings is 1. The third kappa shape index (κ3) is 5.60. The van der Waals surface area contributed by atoms with Gasteiger partial charge in [0.15, 0.2) is 5.13 Å². The number of anilines is 3. The molecule has 9 nitrogen and oxygen atoms in total. The molecule has 2 atom stereocenters. The lowest BCUT2D eigenvalue weighted by Gasteiger charge is -2.31. The Morgan fingerprint density at radius 2 is 1.95 bits per heavy atom. The van der Waals surface area contributed by atoms with Gasteiger partial charge in [-0.25, -0.2) is 9.97 Å². The van der Waals surface area contributed by atoms with Gasteiger partial charge in [-0.15, -0.1) is 11.3 Å². The molecule has 3 fully saturated rings. The lowest BCUT2D eigenvalue weighted by molar-refractivity contribution is -0.142. The number of fused-ring (bicyclic) bond motifs is 1. The Kier molecular flexibility index (Phi) is 7.69. The minimum absolute atomic E-state index is 0.332. The smallest absolute Gasteiger partial charge is 0.306 e. The Hall–Kier alpha value is -2.44. The maximum absolute atomic E-state index is 13.2. The van der Waals surface area contributed by atoms with Crippen molar-refractivity contribution < 1.29 is 14.7 Å². The molecule has 3 N–H and O–H groups in total. The molecular formula is C26H28Cl2N6O3S2. The highest BCUT2D eigenvalue weighted by atomic mass is 35.5. The van der Waals surface area contributed by atoms with Crippen LogP contribution in [0.2, 0.25) is 10.0 Å². The summed E-state index contributed by atoms with van der Waals surface area (Å²) in [6.07, 6.45) is 4.99. The van der Waals surface area contributed by atoms with Gasteiger partial charge in [-0.2, -0.15) is 0 Å². The fourth-order valence-corrected chi connectivity index (χ4v) is 8.09. The number of amides is 1. The van der Waals surface area contributed by atoms with Crippen molar-refractivity contribution in [3.63, 3.8) is 0 Å². The summed E-state index contributed by atoms with van der Waals surface area (Å²) in [6.45, 7) is 4.05. The first-order chi connectivity index (χ1) is 18.9. The first kappa shape index (κ1) is 26.8. The van der Waals surface area contributed by atoms with Crippen LogP contribution in [0.3, 0.4) is 0 Å². The van der Waals surface area contributed by atoms with Crippen molar-refractivity contribution in [2.75, 3.05) is 47.8 Å². The molecule has 0 spiro atoms. The summed E-state index contributed by atoms with van der Waals surface area (Å²) in [5.41, 5.74) is 1.17. The number of hydrogen-bond acceptors (Lipinski definition) is 9. The normalized spacial score (nSPS) is 21.7. The number of carbonyl (C=O) groups excluding carboxylic acids is 1. The SMILES string of the molecule is O=C(Nc1nc(-c2cc(Cl)cs2)c(N2CC3CCCNC3C2)s1)c1cnc(N2CCC(C(=O)O)CC2)c(Cl)c1. The molecule has 6 rings (SSSR count). The van der Waals surface area contributed by atoms with E-state index in [9.17, 15) is 14.7 Å².